The maximum Gasteiger partial charge on any atom is 0.409 e. The highest BCUT2D eigenvalue weighted by Crippen LogP contribution is 2.05. The molecule has 0 aliphatic carbocycles. The summed E-state index contributed by atoms with van der Waals surface area (Å²) >= 11 is 0. The number of cyclic esters (lactones) is 1. The first-order valence-corrected chi connectivity index (χ1v) is 4.33. The lowest BCUT2D eigenvalue weighted by Crippen LogP contribution is -2.32. The molecule has 5 nitrogen and oxygen atoms in total. The minimum atomic E-state index is -0.892. The van der Waals surface area contributed by atoms with Crippen molar-refractivity contribution in [3.63, 3.8) is 0 Å². The molecule has 0 saturated carbocycles. The van der Waals surface area contributed by atoms with Crippen molar-refractivity contribution in [1.82, 2.24) is 4.90 Å². The molecule has 1 amide bonds. The molecule has 0 atom stereocenters. The zero-order valence-corrected chi connectivity index (χ0v) is 7.36. The van der Waals surface area contributed by atoms with Crippen LogP contribution in [0.5, 0.6) is 0 Å². The number of carbonyl (C=O) groups is 2. The zero-order chi connectivity index (χ0) is 9.68. The first kappa shape index (κ1) is 9.83. The van der Waals surface area contributed by atoms with Crippen LogP contribution in [-0.2, 0) is 9.53 Å². The quantitative estimate of drug-likeness (QED) is 0.706. The topological polar surface area (TPSA) is 66.8 Å². The third kappa shape index (κ3) is 3.31. The Morgan fingerprint density at radius 1 is 1.54 bits per heavy atom. The van der Waals surface area contributed by atoms with Crippen LogP contribution in [0, 0.1) is 0 Å². The average Bonchev–Trinajstić information content (AvgIpc) is 2.27. The molecule has 1 saturated heterocycles. The molecule has 0 radical (unpaired) electrons. The molecule has 0 aromatic heterocycles. The van der Waals surface area contributed by atoms with E-state index in [-0.39, 0.29) is 13.0 Å². The number of carbonyl (C=O) groups excluding carboxylic acids is 1. The van der Waals surface area contributed by atoms with Crippen molar-refractivity contribution in [3.05, 3.63) is 0 Å². The van der Waals surface area contributed by atoms with Crippen LogP contribution < -0.4 is 0 Å². The molecule has 0 bridgehead atoms. The molecule has 1 fully saturated rings. The summed E-state index contributed by atoms with van der Waals surface area (Å²) in [5.74, 6) is -0.892. The highest BCUT2D eigenvalue weighted by atomic mass is 16.6. The number of amides is 1. The van der Waals surface area contributed by atoms with Crippen LogP contribution in [0.4, 0.5) is 4.79 Å². The highest BCUT2D eigenvalue weighted by Gasteiger charge is 2.18. The lowest BCUT2D eigenvalue weighted by Gasteiger charge is -2.17. The number of carboxylic acid groups (broad SMARTS) is 1. The van der Waals surface area contributed by atoms with Crippen LogP contribution in [0.2, 0.25) is 0 Å². The summed E-state index contributed by atoms with van der Waals surface area (Å²) in [5, 5.41) is 8.42. The summed E-state index contributed by atoms with van der Waals surface area (Å²) in [6, 6.07) is 0. The van der Waals surface area contributed by atoms with Crippen LogP contribution in [-0.4, -0.2) is 41.8 Å². The van der Waals surface area contributed by atoms with E-state index >= 15 is 0 Å². The van der Waals surface area contributed by atoms with Gasteiger partial charge in [0, 0.05) is 13.1 Å². The van der Waals surface area contributed by atoms with E-state index in [2.05, 4.69) is 0 Å². The lowest BCUT2D eigenvalue weighted by molar-refractivity contribution is -0.137. The SMILES string of the molecule is O=C(O)CCN1CCCCOC1=O. The van der Waals surface area contributed by atoms with Crippen LogP contribution in [0.25, 0.3) is 0 Å². The predicted molar refractivity (Wildman–Crippen MR) is 44.4 cm³/mol. The summed E-state index contributed by atoms with van der Waals surface area (Å²) in [4.78, 5) is 22.8. The first-order chi connectivity index (χ1) is 6.20. The number of rotatable bonds is 3. The van der Waals surface area contributed by atoms with Crippen molar-refractivity contribution in [2.75, 3.05) is 19.7 Å². The minimum Gasteiger partial charge on any atom is -0.481 e. The third-order valence-corrected chi connectivity index (χ3v) is 1.90. The molecule has 0 aromatic rings. The second-order valence-corrected chi connectivity index (χ2v) is 2.95. The fraction of sp³-hybridized carbons (Fsp3) is 0.750. The highest BCUT2D eigenvalue weighted by molar-refractivity contribution is 5.70. The molecule has 1 aliphatic heterocycles. The lowest BCUT2D eigenvalue weighted by atomic mass is 10.3. The van der Waals surface area contributed by atoms with Gasteiger partial charge in [0.2, 0.25) is 0 Å². The number of carboxylic acids is 1. The number of hydrogen-bond donors (Lipinski definition) is 1. The molecule has 1 heterocycles. The predicted octanol–water partition coefficient (Wildman–Crippen LogP) is 0.693. The number of aliphatic carboxylic acids is 1. The normalized spacial score (nSPS) is 17.8. The van der Waals surface area contributed by atoms with Gasteiger partial charge in [-0.2, -0.15) is 0 Å². The molecule has 1 rings (SSSR count). The standard InChI is InChI=1S/C8H13NO4/c10-7(11)3-5-9-4-1-2-6-13-8(9)12/h1-6H2,(H,10,11). The van der Waals surface area contributed by atoms with Gasteiger partial charge in [0.25, 0.3) is 0 Å². The van der Waals surface area contributed by atoms with Crippen molar-refractivity contribution < 1.29 is 19.4 Å². The molecular formula is C8H13NO4. The van der Waals surface area contributed by atoms with Gasteiger partial charge in [-0.1, -0.05) is 0 Å². The number of ether oxygens (including phenoxy) is 1. The van der Waals surface area contributed by atoms with E-state index in [0.717, 1.165) is 12.8 Å². The van der Waals surface area contributed by atoms with Crippen molar-refractivity contribution >= 4 is 12.1 Å². The Labute approximate surface area is 76.3 Å². The van der Waals surface area contributed by atoms with Crippen LogP contribution >= 0.6 is 0 Å². The van der Waals surface area contributed by atoms with Crippen LogP contribution in [0.1, 0.15) is 19.3 Å². The summed E-state index contributed by atoms with van der Waals surface area (Å²) in [5.41, 5.74) is 0. The Balaban J connectivity index is 2.36. The summed E-state index contributed by atoms with van der Waals surface area (Å²) < 4.78 is 4.84. The van der Waals surface area contributed by atoms with E-state index in [1.165, 1.54) is 4.90 Å². The van der Waals surface area contributed by atoms with E-state index in [4.69, 9.17) is 9.84 Å². The summed E-state index contributed by atoms with van der Waals surface area (Å²) in [6.45, 7) is 1.29. The first-order valence-electron chi connectivity index (χ1n) is 4.33. The maximum atomic E-state index is 11.1. The molecule has 13 heavy (non-hydrogen) atoms. The monoisotopic (exact) mass is 187 g/mol. The van der Waals surface area contributed by atoms with Crippen LogP contribution in [0.15, 0.2) is 0 Å². The molecule has 0 unspecified atom stereocenters. The van der Waals surface area contributed by atoms with E-state index in [0.29, 0.717) is 13.2 Å². The zero-order valence-electron chi connectivity index (χ0n) is 7.36. The Kier molecular flexibility index (Phi) is 3.54. The molecule has 1 N–H and O–H groups in total. The van der Waals surface area contributed by atoms with Crippen molar-refractivity contribution in [3.8, 4) is 0 Å². The Morgan fingerprint density at radius 2 is 2.31 bits per heavy atom. The van der Waals surface area contributed by atoms with Gasteiger partial charge in [0.1, 0.15) is 0 Å². The fourth-order valence-electron chi connectivity index (χ4n) is 1.18. The van der Waals surface area contributed by atoms with E-state index in [1.807, 2.05) is 0 Å². The van der Waals surface area contributed by atoms with E-state index < -0.39 is 12.1 Å². The largest absolute Gasteiger partial charge is 0.481 e. The maximum absolute atomic E-state index is 11.1. The fourth-order valence-corrected chi connectivity index (χ4v) is 1.18. The second kappa shape index (κ2) is 4.69. The van der Waals surface area contributed by atoms with Gasteiger partial charge in [-0.05, 0) is 12.8 Å². The molecule has 1 aliphatic rings. The smallest absolute Gasteiger partial charge is 0.409 e. The van der Waals surface area contributed by atoms with Gasteiger partial charge < -0.3 is 14.7 Å². The van der Waals surface area contributed by atoms with Crippen LogP contribution in [0.3, 0.4) is 0 Å². The summed E-state index contributed by atoms with van der Waals surface area (Å²) in [6.07, 6.45) is 1.33. The molecular weight excluding hydrogens is 174 g/mol. The third-order valence-electron chi connectivity index (χ3n) is 1.90. The molecule has 5 heteroatoms. The van der Waals surface area contributed by atoms with E-state index in [1.54, 1.807) is 0 Å². The van der Waals surface area contributed by atoms with Gasteiger partial charge in [-0.3, -0.25) is 4.79 Å². The molecule has 0 aromatic carbocycles. The minimum absolute atomic E-state index is 0.0188. The average molecular weight is 187 g/mol. The second-order valence-electron chi connectivity index (χ2n) is 2.95. The Hall–Kier alpha value is -1.26. The van der Waals surface area contributed by atoms with Gasteiger partial charge in [0.15, 0.2) is 0 Å². The van der Waals surface area contributed by atoms with Gasteiger partial charge in [0.05, 0.1) is 13.0 Å². The van der Waals surface area contributed by atoms with Gasteiger partial charge in [-0.15, -0.1) is 0 Å². The van der Waals surface area contributed by atoms with Gasteiger partial charge in [-0.25, -0.2) is 4.79 Å². The van der Waals surface area contributed by atoms with E-state index in [9.17, 15) is 9.59 Å². The Morgan fingerprint density at radius 3 is 3.00 bits per heavy atom. The van der Waals surface area contributed by atoms with Gasteiger partial charge >= 0.3 is 12.1 Å². The number of hydrogen-bond acceptors (Lipinski definition) is 3. The van der Waals surface area contributed by atoms with Crippen molar-refractivity contribution in [1.29, 1.82) is 0 Å². The van der Waals surface area contributed by atoms with Crippen molar-refractivity contribution in [2.24, 2.45) is 0 Å². The molecule has 74 valence electrons. The Bertz CT molecular complexity index is 204. The summed E-state index contributed by atoms with van der Waals surface area (Å²) in [7, 11) is 0. The molecule has 0 spiro atoms. The number of nitrogens with zero attached hydrogens (tertiary/aromatic N) is 1. The van der Waals surface area contributed by atoms with Crippen molar-refractivity contribution in [2.45, 2.75) is 19.3 Å².